The molecule has 0 aliphatic rings. The number of rotatable bonds is 3. The molecule has 0 saturated carbocycles. The summed E-state index contributed by atoms with van der Waals surface area (Å²) in [5, 5.41) is 0.214. The van der Waals surface area contributed by atoms with Gasteiger partial charge in [0, 0.05) is 15.1 Å². The Kier molecular flexibility index (Phi) is 4.36. The Bertz CT molecular complexity index is 765. The van der Waals surface area contributed by atoms with Crippen LogP contribution in [0.15, 0.2) is 45.8 Å². The fourth-order valence-electron chi connectivity index (χ4n) is 1.70. The molecule has 3 nitrogen and oxygen atoms in total. The van der Waals surface area contributed by atoms with Gasteiger partial charge >= 0.3 is 0 Å². The second kappa shape index (κ2) is 5.71. The molecule has 2 aromatic rings. The normalized spacial score (nSPS) is 11.6. The van der Waals surface area contributed by atoms with E-state index in [0.29, 0.717) is 4.47 Å². The molecule has 20 heavy (non-hydrogen) atoms. The van der Waals surface area contributed by atoms with Gasteiger partial charge in [-0.1, -0.05) is 33.6 Å². The van der Waals surface area contributed by atoms with Gasteiger partial charge in [-0.3, -0.25) is 0 Å². The zero-order valence-corrected chi connectivity index (χ0v) is 13.3. The number of benzene rings is 2. The summed E-state index contributed by atoms with van der Waals surface area (Å²) in [7, 11) is -3.74. The third-order valence-corrected chi connectivity index (χ3v) is 5.11. The Hall–Kier alpha value is -1.11. The second-order valence-electron chi connectivity index (χ2n) is 4.18. The Balaban J connectivity index is 2.43. The largest absolute Gasteiger partial charge is 0.398 e. The van der Waals surface area contributed by atoms with Crippen molar-refractivity contribution in [2.45, 2.75) is 10.6 Å². The van der Waals surface area contributed by atoms with E-state index >= 15 is 0 Å². The molecule has 106 valence electrons. The maximum absolute atomic E-state index is 13.7. The van der Waals surface area contributed by atoms with Gasteiger partial charge in [-0.2, -0.15) is 0 Å². The predicted molar refractivity (Wildman–Crippen MR) is 80.9 cm³/mol. The predicted octanol–water partition coefficient (Wildman–Crippen LogP) is 3.80. The van der Waals surface area contributed by atoms with Crippen molar-refractivity contribution in [1.82, 2.24) is 0 Å². The van der Waals surface area contributed by atoms with Crippen molar-refractivity contribution in [3.05, 3.63) is 57.3 Å². The molecule has 0 unspecified atom stereocenters. The van der Waals surface area contributed by atoms with E-state index in [4.69, 9.17) is 17.3 Å². The van der Waals surface area contributed by atoms with Crippen LogP contribution in [0.1, 0.15) is 5.56 Å². The lowest BCUT2D eigenvalue weighted by molar-refractivity contribution is 0.587. The molecule has 2 rings (SSSR count). The molecule has 0 atom stereocenters. The molecule has 2 N–H and O–H groups in total. The summed E-state index contributed by atoms with van der Waals surface area (Å²) in [6, 6.07) is 8.39. The molecule has 0 amide bonds. The summed E-state index contributed by atoms with van der Waals surface area (Å²) in [4.78, 5) is -0.0266. The zero-order chi connectivity index (χ0) is 14.9. The minimum absolute atomic E-state index is 0.0266. The topological polar surface area (TPSA) is 60.2 Å². The van der Waals surface area contributed by atoms with E-state index in [-0.39, 0.29) is 21.2 Å². The standard InChI is InChI=1S/C13H10BrClFNO2S/c14-9-2-4-12(17)13(5-9)20(18,19)7-8-1-3-10(15)6-11(8)16/h1-6H,7,17H2. The number of hydrogen-bond donors (Lipinski definition) is 1. The van der Waals surface area contributed by atoms with Gasteiger partial charge in [0.15, 0.2) is 9.84 Å². The van der Waals surface area contributed by atoms with Crippen LogP contribution >= 0.6 is 27.5 Å². The molecule has 0 heterocycles. The molecule has 0 bridgehead atoms. The molecule has 0 fully saturated rings. The van der Waals surface area contributed by atoms with E-state index in [0.717, 1.165) is 6.07 Å². The first-order valence-electron chi connectivity index (χ1n) is 5.51. The van der Waals surface area contributed by atoms with Gasteiger partial charge in [0.05, 0.1) is 16.3 Å². The number of halogens is 3. The fraction of sp³-hybridized carbons (Fsp3) is 0.0769. The zero-order valence-electron chi connectivity index (χ0n) is 10.1. The SMILES string of the molecule is Nc1ccc(Br)cc1S(=O)(=O)Cc1ccc(Cl)cc1F. The minimum Gasteiger partial charge on any atom is -0.398 e. The molecule has 0 aliphatic heterocycles. The van der Waals surface area contributed by atoms with Crippen LogP contribution in [0.3, 0.4) is 0 Å². The molecule has 7 heteroatoms. The van der Waals surface area contributed by atoms with Gasteiger partial charge in [-0.05, 0) is 30.3 Å². The summed E-state index contributed by atoms with van der Waals surface area (Å²) in [6.07, 6.45) is 0. The smallest absolute Gasteiger partial charge is 0.184 e. The van der Waals surface area contributed by atoms with Gasteiger partial charge < -0.3 is 5.73 Å². The van der Waals surface area contributed by atoms with E-state index in [2.05, 4.69) is 15.9 Å². The summed E-state index contributed by atoms with van der Waals surface area (Å²) < 4.78 is 38.9. The highest BCUT2D eigenvalue weighted by molar-refractivity contribution is 9.10. The number of anilines is 1. The maximum Gasteiger partial charge on any atom is 0.184 e. The van der Waals surface area contributed by atoms with Crippen LogP contribution < -0.4 is 5.73 Å². The highest BCUT2D eigenvalue weighted by Crippen LogP contribution is 2.27. The summed E-state index contributed by atoms with van der Waals surface area (Å²) in [6.45, 7) is 0. The van der Waals surface area contributed by atoms with Crippen LogP contribution in [-0.2, 0) is 15.6 Å². The van der Waals surface area contributed by atoms with Gasteiger partial charge in [0.25, 0.3) is 0 Å². The fourth-order valence-corrected chi connectivity index (χ4v) is 3.90. The average molecular weight is 379 g/mol. The quantitative estimate of drug-likeness (QED) is 0.827. The van der Waals surface area contributed by atoms with Gasteiger partial charge in [0.1, 0.15) is 5.82 Å². The molecule has 2 aromatic carbocycles. The molecular formula is C13H10BrClFNO2S. The monoisotopic (exact) mass is 377 g/mol. The van der Waals surface area contributed by atoms with Crippen molar-refractivity contribution in [1.29, 1.82) is 0 Å². The van der Waals surface area contributed by atoms with Gasteiger partial charge in [0.2, 0.25) is 0 Å². The van der Waals surface area contributed by atoms with E-state index in [1.165, 1.54) is 24.3 Å². The number of hydrogen-bond acceptors (Lipinski definition) is 3. The highest BCUT2D eigenvalue weighted by Gasteiger charge is 2.20. The Labute approximate surface area is 129 Å². The minimum atomic E-state index is -3.74. The van der Waals surface area contributed by atoms with Crippen LogP contribution in [0.25, 0.3) is 0 Å². The molecule has 0 aliphatic carbocycles. The third kappa shape index (κ3) is 3.31. The second-order valence-corrected chi connectivity index (χ2v) is 7.49. The molecule has 0 saturated heterocycles. The molecule has 0 aromatic heterocycles. The summed E-state index contributed by atoms with van der Waals surface area (Å²) in [5.41, 5.74) is 5.85. The molecule has 0 radical (unpaired) electrons. The van der Waals surface area contributed by atoms with E-state index in [1.807, 2.05) is 0 Å². The van der Waals surface area contributed by atoms with Crippen molar-refractivity contribution < 1.29 is 12.8 Å². The van der Waals surface area contributed by atoms with Crippen LogP contribution in [0.5, 0.6) is 0 Å². The molecule has 0 spiro atoms. The van der Waals surface area contributed by atoms with Crippen molar-refractivity contribution in [2.75, 3.05) is 5.73 Å². The van der Waals surface area contributed by atoms with Crippen LogP contribution in [0.4, 0.5) is 10.1 Å². The third-order valence-electron chi connectivity index (χ3n) is 2.67. The van der Waals surface area contributed by atoms with E-state index < -0.39 is 21.4 Å². The summed E-state index contributed by atoms with van der Waals surface area (Å²) in [5.74, 6) is -1.13. The average Bonchev–Trinajstić information content (AvgIpc) is 2.35. The Morgan fingerprint density at radius 3 is 2.55 bits per heavy atom. The maximum atomic E-state index is 13.7. The first kappa shape index (κ1) is 15.3. The van der Waals surface area contributed by atoms with Crippen molar-refractivity contribution in [2.24, 2.45) is 0 Å². The lowest BCUT2D eigenvalue weighted by atomic mass is 10.2. The van der Waals surface area contributed by atoms with Crippen LogP contribution in [-0.4, -0.2) is 8.42 Å². The first-order valence-corrected chi connectivity index (χ1v) is 8.33. The lowest BCUT2D eigenvalue weighted by Crippen LogP contribution is -2.09. The lowest BCUT2D eigenvalue weighted by Gasteiger charge is -2.09. The van der Waals surface area contributed by atoms with E-state index in [9.17, 15) is 12.8 Å². The van der Waals surface area contributed by atoms with Gasteiger partial charge in [-0.25, -0.2) is 12.8 Å². The Morgan fingerprint density at radius 2 is 1.90 bits per heavy atom. The highest BCUT2D eigenvalue weighted by atomic mass is 79.9. The van der Waals surface area contributed by atoms with Crippen molar-refractivity contribution >= 4 is 43.1 Å². The van der Waals surface area contributed by atoms with Gasteiger partial charge in [-0.15, -0.1) is 0 Å². The summed E-state index contributed by atoms with van der Waals surface area (Å²) >= 11 is 8.82. The van der Waals surface area contributed by atoms with Crippen molar-refractivity contribution in [3.8, 4) is 0 Å². The van der Waals surface area contributed by atoms with Crippen LogP contribution in [0, 0.1) is 5.82 Å². The number of nitrogen functional groups attached to an aromatic ring is 1. The van der Waals surface area contributed by atoms with E-state index in [1.54, 1.807) is 6.07 Å². The first-order chi connectivity index (χ1) is 9.29. The van der Waals surface area contributed by atoms with Crippen LogP contribution in [0.2, 0.25) is 5.02 Å². The number of nitrogens with two attached hydrogens (primary N) is 1. The Morgan fingerprint density at radius 1 is 1.20 bits per heavy atom. The number of sulfone groups is 1. The molecular weight excluding hydrogens is 369 g/mol. The van der Waals surface area contributed by atoms with Crippen molar-refractivity contribution in [3.63, 3.8) is 0 Å².